The van der Waals surface area contributed by atoms with Crippen LogP contribution >= 0.6 is 0 Å². The van der Waals surface area contributed by atoms with Gasteiger partial charge in [-0.25, -0.2) is 8.78 Å². The number of hydrogen-bond donors (Lipinski definition) is 1. The molecule has 1 unspecified atom stereocenters. The van der Waals surface area contributed by atoms with Crippen LogP contribution in [-0.4, -0.2) is 5.11 Å². The van der Waals surface area contributed by atoms with Gasteiger partial charge in [-0.3, -0.25) is 0 Å². The van der Waals surface area contributed by atoms with Gasteiger partial charge in [0.15, 0.2) is 11.6 Å². The standard InChI is InChI=1S/C15H14F2O/c1-2-10-6-3-4-7-11(10)15(18)12-8-5-9-13(16)14(12)17/h3-9,15,18H,2H2,1H3. The molecule has 0 saturated carbocycles. The van der Waals surface area contributed by atoms with Crippen molar-refractivity contribution in [3.05, 3.63) is 70.8 Å². The van der Waals surface area contributed by atoms with E-state index in [1.165, 1.54) is 12.1 Å². The smallest absolute Gasteiger partial charge is 0.164 e. The maximum absolute atomic E-state index is 13.6. The van der Waals surface area contributed by atoms with Gasteiger partial charge in [0.05, 0.1) is 0 Å². The average molecular weight is 248 g/mol. The van der Waals surface area contributed by atoms with Gasteiger partial charge in [-0.15, -0.1) is 0 Å². The molecule has 0 spiro atoms. The number of aliphatic hydroxyl groups is 1. The van der Waals surface area contributed by atoms with E-state index in [2.05, 4.69) is 0 Å². The number of rotatable bonds is 3. The minimum atomic E-state index is -1.14. The molecule has 2 rings (SSSR count). The Balaban J connectivity index is 2.48. The molecular weight excluding hydrogens is 234 g/mol. The first kappa shape index (κ1) is 12.7. The summed E-state index contributed by atoms with van der Waals surface area (Å²) >= 11 is 0. The highest BCUT2D eigenvalue weighted by Crippen LogP contribution is 2.28. The molecule has 1 nitrogen and oxygen atoms in total. The van der Waals surface area contributed by atoms with Crippen molar-refractivity contribution in [1.82, 2.24) is 0 Å². The normalized spacial score (nSPS) is 12.4. The van der Waals surface area contributed by atoms with E-state index >= 15 is 0 Å². The van der Waals surface area contributed by atoms with E-state index < -0.39 is 17.7 Å². The third-order valence-corrected chi connectivity index (χ3v) is 3.01. The fourth-order valence-electron chi connectivity index (χ4n) is 2.02. The third-order valence-electron chi connectivity index (χ3n) is 3.01. The molecule has 1 atom stereocenters. The highest BCUT2D eigenvalue weighted by atomic mass is 19.2. The Kier molecular flexibility index (Phi) is 3.72. The second-order valence-corrected chi connectivity index (χ2v) is 4.10. The summed E-state index contributed by atoms with van der Waals surface area (Å²) in [6, 6.07) is 11.1. The SMILES string of the molecule is CCc1ccccc1C(O)c1cccc(F)c1F. The topological polar surface area (TPSA) is 20.2 Å². The van der Waals surface area contributed by atoms with Crippen LogP contribution in [0.3, 0.4) is 0 Å². The molecule has 0 heterocycles. The summed E-state index contributed by atoms with van der Waals surface area (Å²) in [6.07, 6.45) is -0.415. The lowest BCUT2D eigenvalue weighted by atomic mass is 9.95. The number of halogens is 2. The van der Waals surface area contributed by atoms with E-state index in [9.17, 15) is 13.9 Å². The van der Waals surface area contributed by atoms with Crippen LogP contribution in [0.5, 0.6) is 0 Å². The lowest BCUT2D eigenvalue weighted by Crippen LogP contribution is -2.06. The summed E-state index contributed by atoms with van der Waals surface area (Å²) in [5.74, 6) is -1.93. The van der Waals surface area contributed by atoms with Gasteiger partial charge in [0.1, 0.15) is 6.10 Å². The molecule has 0 aliphatic carbocycles. The van der Waals surface area contributed by atoms with Gasteiger partial charge in [-0.05, 0) is 23.6 Å². The summed E-state index contributed by atoms with van der Waals surface area (Å²) in [4.78, 5) is 0. The van der Waals surface area contributed by atoms with Crippen molar-refractivity contribution in [2.24, 2.45) is 0 Å². The molecule has 2 aromatic rings. The lowest BCUT2D eigenvalue weighted by molar-refractivity contribution is 0.212. The van der Waals surface area contributed by atoms with Gasteiger partial charge in [-0.1, -0.05) is 43.3 Å². The van der Waals surface area contributed by atoms with Crippen LogP contribution in [0.4, 0.5) is 8.78 Å². The highest BCUT2D eigenvalue weighted by Gasteiger charge is 2.19. The third kappa shape index (κ3) is 2.27. The van der Waals surface area contributed by atoms with E-state index in [-0.39, 0.29) is 5.56 Å². The molecule has 0 aliphatic rings. The quantitative estimate of drug-likeness (QED) is 0.879. The molecule has 18 heavy (non-hydrogen) atoms. The van der Waals surface area contributed by atoms with E-state index in [4.69, 9.17) is 0 Å². The predicted octanol–water partition coefficient (Wildman–Crippen LogP) is 3.61. The van der Waals surface area contributed by atoms with Crippen molar-refractivity contribution in [3.63, 3.8) is 0 Å². The summed E-state index contributed by atoms with van der Waals surface area (Å²) < 4.78 is 26.8. The number of hydrogen-bond acceptors (Lipinski definition) is 1. The highest BCUT2D eigenvalue weighted by molar-refractivity contribution is 5.36. The second kappa shape index (κ2) is 5.27. The van der Waals surface area contributed by atoms with Gasteiger partial charge in [0.2, 0.25) is 0 Å². The van der Waals surface area contributed by atoms with Crippen LogP contribution in [-0.2, 0) is 6.42 Å². The van der Waals surface area contributed by atoms with Crippen molar-refractivity contribution >= 4 is 0 Å². The largest absolute Gasteiger partial charge is 0.384 e. The summed E-state index contributed by atoms with van der Waals surface area (Å²) in [5.41, 5.74) is 1.51. The minimum Gasteiger partial charge on any atom is -0.384 e. The predicted molar refractivity (Wildman–Crippen MR) is 66.2 cm³/mol. The monoisotopic (exact) mass is 248 g/mol. The van der Waals surface area contributed by atoms with Crippen LogP contribution in [0.15, 0.2) is 42.5 Å². The molecule has 1 N–H and O–H groups in total. The molecule has 0 aromatic heterocycles. The molecule has 0 fully saturated rings. The Morgan fingerprint density at radius 1 is 1.00 bits per heavy atom. The number of aryl methyl sites for hydroxylation is 1. The Labute approximate surface area is 105 Å². The van der Waals surface area contributed by atoms with E-state index in [0.29, 0.717) is 5.56 Å². The van der Waals surface area contributed by atoms with Crippen LogP contribution in [0.2, 0.25) is 0 Å². The zero-order valence-corrected chi connectivity index (χ0v) is 10.0. The van der Waals surface area contributed by atoms with E-state index in [1.807, 2.05) is 19.1 Å². The van der Waals surface area contributed by atoms with Gasteiger partial charge in [-0.2, -0.15) is 0 Å². The van der Waals surface area contributed by atoms with Crippen molar-refractivity contribution < 1.29 is 13.9 Å². The summed E-state index contributed by atoms with van der Waals surface area (Å²) in [6.45, 7) is 1.95. The maximum atomic E-state index is 13.6. The fraction of sp³-hybridized carbons (Fsp3) is 0.200. The van der Waals surface area contributed by atoms with E-state index in [1.54, 1.807) is 12.1 Å². The van der Waals surface area contributed by atoms with Crippen LogP contribution in [0.1, 0.15) is 29.7 Å². The zero-order valence-electron chi connectivity index (χ0n) is 10.0. The fourth-order valence-corrected chi connectivity index (χ4v) is 2.02. The Morgan fingerprint density at radius 3 is 2.39 bits per heavy atom. The Morgan fingerprint density at radius 2 is 1.67 bits per heavy atom. The molecular formula is C15H14F2O. The lowest BCUT2D eigenvalue weighted by Gasteiger charge is -2.16. The first-order chi connectivity index (χ1) is 8.65. The minimum absolute atomic E-state index is 0.0316. The maximum Gasteiger partial charge on any atom is 0.164 e. The van der Waals surface area contributed by atoms with Crippen LogP contribution < -0.4 is 0 Å². The molecule has 2 aromatic carbocycles. The first-order valence-electron chi connectivity index (χ1n) is 5.85. The van der Waals surface area contributed by atoms with Gasteiger partial charge in [0.25, 0.3) is 0 Å². The number of aliphatic hydroxyl groups excluding tert-OH is 1. The zero-order chi connectivity index (χ0) is 13.1. The van der Waals surface area contributed by atoms with Crippen molar-refractivity contribution in [2.45, 2.75) is 19.4 Å². The molecule has 0 saturated heterocycles. The summed E-state index contributed by atoms with van der Waals surface area (Å²) in [7, 11) is 0. The molecule has 0 aliphatic heterocycles. The van der Waals surface area contributed by atoms with Gasteiger partial charge < -0.3 is 5.11 Å². The van der Waals surface area contributed by atoms with Gasteiger partial charge in [0, 0.05) is 5.56 Å². The Hall–Kier alpha value is -1.74. The molecule has 0 radical (unpaired) electrons. The van der Waals surface area contributed by atoms with Gasteiger partial charge >= 0.3 is 0 Å². The first-order valence-corrected chi connectivity index (χ1v) is 5.85. The number of benzene rings is 2. The summed E-state index contributed by atoms with van der Waals surface area (Å²) in [5, 5.41) is 10.2. The Bertz CT molecular complexity index is 552. The molecule has 94 valence electrons. The molecule has 3 heteroatoms. The second-order valence-electron chi connectivity index (χ2n) is 4.10. The van der Waals surface area contributed by atoms with Crippen LogP contribution in [0.25, 0.3) is 0 Å². The average Bonchev–Trinajstić information content (AvgIpc) is 2.41. The van der Waals surface area contributed by atoms with Crippen LogP contribution in [0, 0.1) is 11.6 Å². The van der Waals surface area contributed by atoms with Crippen molar-refractivity contribution in [3.8, 4) is 0 Å². The molecule has 0 amide bonds. The van der Waals surface area contributed by atoms with E-state index in [0.717, 1.165) is 18.1 Å². The van der Waals surface area contributed by atoms with Crippen molar-refractivity contribution in [1.29, 1.82) is 0 Å². The molecule has 0 bridgehead atoms. The van der Waals surface area contributed by atoms with Crippen molar-refractivity contribution in [2.75, 3.05) is 0 Å².